The van der Waals surface area contributed by atoms with Gasteiger partial charge in [0.15, 0.2) is 0 Å². The van der Waals surface area contributed by atoms with Crippen molar-refractivity contribution in [2.24, 2.45) is 11.8 Å². The number of ether oxygens (including phenoxy) is 1. The summed E-state index contributed by atoms with van der Waals surface area (Å²) in [5.74, 6) is -0.675. The third-order valence-electron chi connectivity index (χ3n) is 2.61. The maximum Gasteiger partial charge on any atom is 0.303 e. The van der Waals surface area contributed by atoms with Crippen LogP contribution in [0, 0.1) is 11.8 Å². The van der Waals surface area contributed by atoms with Crippen LogP contribution in [-0.4, -0.2) is 37.2 Å². The van der Waals surface area contributed by atoms with Gasteiger partial charge in [0.05, 0.1) is 0 Å². The van der Waals surface area contributed by atoms with E-state index in [1.807, 2.05) is 13.8 Å². The SMILES string of the molecule is CCC(CNC(=O)CC(C)COC)CC(=O)O. The average molecular weight is 245 g/mol. The van der Waals surface area contributed by atoms with E-state index in [1.54, 1.807) is 7.11 Å². The van der Waals surface area contributed by atoms with Crippen LogP contribution in [0.2, 0.25) is 0 Å². The second-order valence-corrected chi connectivity index (χ2v) is 4.44. The Morgan fingerprint density at radius 2 is 2.00 bits per heavy atom. The maximum atomic E-state index is 11.5. The fourth-order valence-corrected chi connectivity index (χ4v) is 1.60. The van der Waals surface area contributed by atoms with Crippen molar-refractivity contribution < 1.29 is 19.4 Å². The Kier molecular flexibility index (Phi) is 8.40. The summed E-state index contributed by atoms with van der Waals surface area (Å²) in [5.41, 5.74) is 0. The van der Waals surface area contributed by atoms with Gasteiger partial charge in [-0.1, -0.05) is 20.3 Å². The van der Waals surface area contributed by atoms with Crippen molar-refractivity contribution in [3.05, 3.63) is 0 Å². The first-order valence-electron chi connectivity index (χ1n) is 5.97. The van der Waals surface area contributed by atoms with Crippen molar-refractivity contribution in [3.63, 3.8) is 0 Å². The number of amides is 1. The lowest BCUT2D eigenvalue weighted by atomic mass is 10.0. The molecule has 2 atom stereocenters. The van der Waals surface area contributed by atoms with Gasteiger partial charge in [-0.2, -0.15) is 0 Å². The second kappa shape index (κ2) is 8.98. The number of rotatable bonds is 9. The van der Waals surface area contributed by atoms with E-state index in [1.165, 1.54) is 0 Å². The first-order valence-corrected chi connectivity index (χ1v) is 5.97. The van der Waals surface area contributed by atoms with Crippen molar-refractivity contribution in [1.29, 1.82) is 0 Å². The van der Waals surface area contributed by atoms with E-state index in [0.717, 1.165) is 6.42 Å². The Balaban J connectivity index is 3.84. The van der Waals surface area contributed by atoms with Gasteiger partial charge in [-0.3, -0.25) is 9.59 Å². The lowest BCUT2D eigenvalue weighted by Crippen LogP contribution is -2.31. The van der Waals surface area contributed by atoms with Crippen LogP contribution in [0.4, 0.5) is 0 Å². The van der Waals surface area contributed by atoms with Crippen molar-refractivity contribution in [3.8, 4) is 0 Å². The highest BCUT2D eigenvalue weighted by atomic mass is 16.5. The number of hydrogen-bond donors (Lipinski definition) is 2. The summed E-state index contributed by atoms with van der Waals surface area (Å²) < 4.78 is 4.95. The summed E-state index contributed by atoms with van der Waals surface area (Å²) in [7, 11) is 1.61. The second-order valence-electron chi connectivity index (χ2n) is 4.44. The molecule has 0 bridgehead atoms. The molecule has 0 saturated carbocycles. The van der Waals surface area contributed by atoms with Gasteiger partial charge in [0.1, 0.15) is 0 Å². The van der Waals surface area contributed by atoms with Gasteiger partial charge in [0, 0.05) is 33.1 Å². The largest absolute Gasteiger partial charge is 0.481 e. The standard InChI is InChI=1S/C12H23NO4/c1-4-10(6-12(15)16)7-13-11(14)5-9(2)8-17-3/h9-10H,4-8H2,1-3H3,(H,13,14)(H,15,16). The predicted octanol–water partition coefficient (Wildman–Crippen LogP) is 1.28. The molecular weight excluding hydrogens is 222 g/mol. The zero-order valence-corrected chi connectivity index (χ0v) is 10.9. The molecular formula is C12H23NO4. The van der Waals surface area contributed by atoms with Crippen LogP contribution in [0.3, 0.4) is 0 Å². The van der Waals surface area contributed by atoms with Crippen molar-refractivity contribution >= 4 is 11.9 Å². The molecule has 0 aromatic rings. The Morgan fingerprint density at radius 3 is 2.47 bits per heavy atom. The first-order chi connectivity index (χ1) is 7.99. The summed E-state index contributed by atoms with van der Waals surface area (Å²) in [5, 5.41) is 11.4. The highest BCUT2D eigenvalue weighted by Gasteiger charge is 2.13. The predicted molar refractivity (Wildman–Crippen MR) is 64.7 cm³/mol. The molecule has 1 amide bonds. The number of nitrogens with one attached hydrogen (secondary N) is 1. The maximum absolute atomic E-state index is 11.5. The first kappa shape index (κ1) is 15.9. The molecule has 2 unspecified atom stereocenters. The van der Waals surface area contributed by atoms with Crippen molar-refractivity contribution in [2.45, 2.75) is 33.1 Å². The minimum atomic E-state index is -0.821. The summed E-state index contributed by atoms with van der Waals surface area (Å²) in [4.78, 5) is 22.1. The molecule has 0 spiro atoms. The van der Waals surface area contributed by atoms with Crippen molar-refractivity contribution in [2.75, 3.05) is 20.3 Å². The van der Waals surface area contributed by atoms with Gasteiger partial charge in [-0.05, 0) is 11.8 Å². The lowest BCUT2D eigenvalue weighted by Gasteiger charge is -2.15. The summed E-state index contributed by atoms with van der Waals surface area (Å²) in [6, 6.07) is 0. The lowest BCUT2D eigenvalue weighted by molar-refractivity contribution is -0.138. The van der Waals surface area contributed by atoms with Crippen molar-refractivity contribution in [1.82, 2.24) is 5.32 Å². The van der Waals surface area contributed by atoms with Gasteiger partial charge in [-0.15, -0.1) is 0 Å². The Morgan fingerprint density at radius 1 is 1.35 bits per heavy atom. The monoisotopic (exact) mass is 245 g/mol. The number of carboxylic acid groups (broad SMARTS) is 1. The van der Waals surface area contributed by atoms with Crippen LogP contribution in [0.1, 0.15) is 33.1 Å². The zero-order valence-electron chi connectivity index (χ0n) is 10.9. The summed E-state index contributed by atoms with van der Waals surface area (Å²) >= 11 is 0. The minimum absolute atomic E-state index is 0.00850. The molecule has 0 aromatic carbocycles. The van der Waals surface area contributed by atoms with Gasteiger partial charge >= 0.3 is 5.97 Å². The molecule has 0 aliphatic heterocycles. The highest BCUT2D eigenvalue weighted by Crippen LogP contribution is 2.07. The Labute approximate surface area is 103 Å². The molecule has 5 heteroatoms. The normalized spacial score (nSPS) is 14.1. The molecule has 0 rings (SSSR count). The molecule has 0 fully saturated rings. The smallest absolute Gasteiger partial charge is 0.303 e. The van der Waals surface area contributed by atoms with Crippen LogP contribution < -0.4 is 5.32 Å². The van der Waals surface area contributed by atoms with Crippen LogP contribution >= 0.6 is 0 Å². The molecule has 0 aliphatic rings. The molecule has 0 aliphatic carbocycles. The number of hydrogen-bond acceptors (Lipinski definition) is 3. The molecule has 17 heavy (non-hydrogen) atoms. The number of carbonyl (C=O) groups excluding carboxylic acids is 1. The Bertz CT molecular complexity index is 243. The molecule has 0 saturated heterocycles. The van der Waals surface area contributed by atoms with E-state index in [0.29, 0.717) is 19.6 Å². The molecule has 0 radical (unpaired) electrons. The summed E-state index contributed by atoms with van der Waals surface area (Å²) in [6.07, 6.45) is 1.27. The fourth-order valence-electron chi connectivity index (χ4n) is 1.60. The third-order valence-corrected chi connectivity index (χ3v) is 2.61. The van der Waals surface area contributed by atoms with Crippen LogP contribution in [0.5, 0.6) is 0 Å². The number of methoxy groups -OCH3 is 1. The van der Waals surface area contributed by atoms with E-state index in [9.17, 15) is 9.59 Å². The summed E-state index contributed by atoms with van der Waals surface area (Å²) in [6.45, 7) is 4.85. The van der Waals surface area contributed by atoms with Crippen LogP contribution in [0.25, 0.3) is 0 Å². The van der Waals surface area contributed by atoms with Gasteiger partial charge < -0.3 is 15.2 Å². The number of aliphatic carboxylic acids is 1. The van der Waals surface area contributed by atoms with Gasteiger partial charge in [0.2, 0.25) is 5.91 Å². The minimum Gasteiger partial charge on any atom is -0.481 e. The van der Waals surface area contributed by atoms with E-state index in [2.05, 4.69) is 5.32 Å². The molecule has 100 valence electrons. The highest BCUT2D eigenvalue weighted by molar-refractivity contribution is 5.76. The fraction of sp³-hybridized carbons (Fsp3) is 0.833. The molecule has 0 aromatic heterocycles. The number of carboxylic acids is 1. The zero-order chi connectivity index (χ0) is 13.3. The van der Waals surface area contributed by atoms with Crippen LogP contribution in [-0.2, 0) is 14.3 Å². The third kappa shape index (κ3) is 8.68. The van der Waals surface area contributed by atoms with Gasteiger partial charge in [-0.25, -0.2) is 0 Å². The van der Waals surface area contributed by atoms with Crippen LogP contribution in [0.15, 0.2) is 0 Å². The number of carbonyl (C=O) groups is 2. The molecule has 5 nitrogen and oxygen atoms in total. The van der Waals surface area contributed by atoms with E-state index < -0.39 is 5.97 Å². The Hall–Kier alpha value is -1.10. The van der Waals surface area contributed by atoms with E-state index >= 15 is 0 Å². The van der Waals surface area contributed by atoms with Gasteiger partial charge in [0.25, 0.3) is 0 Å². The average Bonchev–Trinajstić information content (AvgIpc) is 2.23. The topological polar surface area (TPSA) is 75.6 Å². The molecule has 2 N–H and O–H groups in total. The van der Waals surface area contributed by atoms with E-state index in [4.69, 9.17) is 9.84 Å². The van der Waals surface area contributed by atoms with E-state index in [-0.39, 0.29) is 24.2 Å². The molecule has 0 heterocycles. The quantitative estimate of drug-likeness (QED) is 0.641.